The smallest absolute Gasteiger partial charge is 0.341 e. The molecule has 0 saturated heterocycles. The fourth-order valence-corrected chi connectivity index (χ4v) is 4.29. The second kappa shape index (κ2) is 11.3. The van der Waals surface area contributed by atoms with Crippen LogP contribution in [0, 0.1) is 13.8 Å². The zero-order valence-corrected chi connectivity index (χ0v) is 20.2. The largest absolute Gasteiger partial charge is 0.494 e. The number of thiophene rings is 1. The minimum absolute atomic E-state index is 0.133. The first-order valence-electron chi connectivity index (χ1n) is 10.6. The number of methoxy groups -OCH3 is 1. The van der Waals surface area contributed by atoms with E-state index in [-0.39, 0.29) is 22.0 Å². The Kier molecular flexibility index (Phi) is 8.26. The lowest BCUT2D eigenvalue weighted by Crippen LogP contribution is -2.21. The molecule has 34 heavy (non-hydrogen) atoms. The SMILES string of the molecule is CCOc1ccc(NC(=O)c2sc(NC(=O)COc3ccccc3C)c(C(=O)OC)c2C)cc1. The Balaban J connectivity index is 1.77. The van der Waals surface area contributed by atoms with Crippen molar-refractivity contribution in [3.05, 3.63) is 70.1 Å². The Bertz CT molecular complexity index is 1190. The molecule has 0 bridgehead atoms. The Morgan fingerprint density at radius 3 is 2.29 bits per heavy atom. The van der Waals surface area contributed by atoms with Gasteiger partial charge in [-0.25, -0.2) is 4.79 Å². The van der Waals surface area contributed by atoms with Gasteiger partial charge in [0.05, 0.1) is 24.2 Å². The molecule has 0 fully saturated rings. The van der Waals surface area contributed by atoms with Gasteiger partial charge in [0.2, 0.25) is 0 Å². The van der Waals surface area contributed by atoms with Crippen molar-refractivity contribution in [1.82, 2.24) is 0 Å². The lowest BCUT2D eigenvalue weighted by molar-refractivity contribution is -0.118. The molecule has 1 aromatic heterocycles. The van der Waals surface area contributed by atoms with Crippen LogP contribution in [0.3, 0.4) is 0 Å². The third-order valence-electron chi connectivity index (χ3n) is 4.87. The molecule has 0 saturated carbocycles. The van der Waals surface area contributed by atoms with Gasteiger partial charge in [-0.2, -0.15) is 0 Å². The third-order valence-corrected chi connectivity index (χ3v) is 6.08. The number of aryl methyl sites for hydroxylation is 1. The van der Waals surface area contributed by atoms with E-state index in [9.17, 15) is 14.4 Å². The van der Waals surface area contributed by atoms with E-state index in [2.05, 4.69) is 10.6 Å². The molecule has 0 aliphatic heterocycles. The Labute approximate surface area is 201 Å². The van der Waals surface area contributed by atoms with Crippen LogP contribution in [0.5, 0.6) is 11.5 Å². The van der Waals surface area contributed by atoms with Crippen LogP contribution in [0.25, 0.3) is 0 Å². The molecule has 2 N–H and O–H groups in total. The molecule has 3 rings (SSSR count). The number of carbonyl (C=O) groups excluding carboxylic acids is 3. The molecule has 0 aliphatic rings. The summed E-state index contributed by atoms with van der Waals surface area (Å²) in [7, 11) is 1.24. The number of hydrogen-bond donors (Lipinski definition) is 2. The van der Waals surface area contributed by atoms with Crippen molar-refractivity contribution in [3.8, 4) is 11.5 Å². The molecule has 2 aromatic carbocycles. The van der Waals surface area contributed by atoms with Crippen LogP contribution in [0.1, 0.15) is 38.1 Å². The van der Waals surface area contributed by atoms with Crippen LogP contribution in [0.15, 0.2) is 48.5 Å². The van der Waals surface area contributed by atoms with E-state index in [1.165, 1.54) is 7.11 Å². The van der Waals surface area contributed by atoms with Gasteiger partial charge in [0.1, 0.15) is 16.5 Å². The molecule has 0 aliphatic carbocycles. The number of benzene rings is 2. The summed E-state index contributed by atoms with van der Waals surface area (Å²) in [5.41, 5.74) is 2.01. The molecule has 0 atom stereocenters. The molecule has 2 amide bonds. The third kappa shape index (κ3) is 5.93. The maximum absolute atomic E-state index is 12.9. The minimum atomic E-state index is -0.649. The number of nitrogens with one attached hydrogen (secondary N) is 2. The number of para-hydroxylation sites is 1. The van der Waals surface area contributed by atoms with Crippen molar-refractivity contribution >= 4 is 39.8 Å². The van der Waals surface area contributed by atoms with E-state index in [1.807, 2.05) is 32.0 Å². The molecular weight excluding hydrogens is 456 g/mol. The number of hydrogen-bond acceptors (Lipinski definition) is 7. The summed E-state index contributed by atoms with van der Waals surface area (Å²) < 4.78 is 15.9. The van der Waals surface area contributed by atoms with Crippen LogP contribution < -0.4 is 20.1 Å². The highest BCUT2D eigenvalue weighted by Crippen LogP contribution is 2.34. The van der Waals surface area contributed by atoms with Crippen LogP contribution in [0.4, 0.5) is 10.7 Å². The number of carbonyl (C=O) groups is 3. The monoisotopic (exact) mass is 482 g/mol. The topological polar surface area (TPSA) is 103 Å². The average Bonchev–Trinajstić information content (AvgIpc) is 3.15. The molecule has 178 valence electrons. The van der Waals surface area contributed by atoms with Gasteiger partial charge in [0.15, 0.2) is 6.61 Å². The number of rotatable bonds is 9. The summed E-state index contributed by atoms with van der Waals surface area (Å²) in [5, 5.41) is 5.69. The highest BCUT2D eigenvalue weighted by molar-refractivity contribution is 7.18. The Morgan fingerprint density at radius 2 is 1.65 bits per heavy atom. The second-order valence-electron chi connectivity index (χ2n) is 7.27. The molecule has 8 nitrogen and oxygen atoms in total. The summed E-state index contributed by atoms with van der Waals surface area (Å²) in [6, 6.07) is 14.3. The van der Waals surface area contributed by atoms with Crippen molar-refractivity contribution in [2.45, 2.75) is 20.8 Å². The predicted octanol–water partition coefficient (Wildman–Crippen LogP) is 4.82. The molecule has 9 heteroatoms. The molecule has 0 unspecified atom stereocenters. The quantitative estimate of drug-likeness (QED) is 0.424. The number of amides is 2. The van der Waals surface area contributed by atoms with Gasteiger partial charge in [0, 0.05) is 5.69 Å². The maximum Gasteiger partial charge on any atom is 0.341 e. The molecule has 3 aromatic rings. The number of esters is 1. The normalized spacial score (nSPS) is 10.4. The van der Waals surface area contributed by atoms with Crippen molar-refractivity contribution in [1.29, 1.82) is 0 Å². The van der Waals surface area contributed by atoms with Crippen LogP contribution in [0.2, 0.25) is 0 Å². The van der Waals surface area contributed by atoms with Crippen LogP contribution >= 0.6 is 11.3 Å². The zero-order valence-electron chi connectivity index (χ0n) is 19.4. The molecule has 0 radical (unpaired) electrons. The Hall–Kier alpha value is -3.85. The zero-order chi connectivity index (χ0) is 24.7. The second-order valence-corrected chi connectivity index (χ2v) is 8.29. The van der Waals surface area contributed by atoms with Gasteiger partial charge >= 0.3 is 5.97 Å². The highest BCUT2D eigenvalue weighted by Gasteiger charge is 2.26. The van der Waals surface area contributed by atoms with Gasteiger partial charge in [-0.05, 0) is 62.2 Å². The first-order valence-corrected chi connectivity index (χ1v) is 11.4. The molecule has 1 heterocycles. The van der Waals surface area contributed by atoms with E-state index in [1.54, 1.807) is 37.3 Å². The van der Waals surface area contributed by atoms with Gasteiger partial charge in [0.25, 0.3) is 11.8 Å². The standard InChI is InChI=1S/C25H26N2O6S/c1-5-32-18-12-10-17(11-13-18)26-23(29)22-16(3)21(25(30)31-4)24(34-22)27-20(28)14-33-19-9-7-6-8-15(19)2/h6-13H,5,14H2,1-4H3,(H,26,29)(H,27,28). The maximum atomic E-state index is 12.9. The molecular formula is C25H26N2O6S. The number of anilines is 2. The summed E-state index contributed by atoms with van der Waals surface area (Å²) in [4.78, 5) is 38.2. The summed E-state index contributed by atoms with van der Waals surface area (Å²) in [5.74, 6) is -0.243. The van der Waals surface area contributed by atoms with E-state index in [4.69, 9.17) is 14.2 Å². The van der Waals surface area contributed by atoms with E-state index >= 15 is 0 Å². The van der Waals surface area contributed by atoms with E-state index < -0.39 is 17.8 Å². The first kappa shape index (κ1) is 24.8. The molecule has 0 spiro atoms. The van der Waals surface area contributed by atoms with Crippen molar-refractivity contribution in [2.24, 2.45) is 0 Å². The Morgan fingerprint density at radius 1 is 0.941 bits per heavy atom. The van der Waals surface area contributed by atoms with E-state index in [0.29, 0.717) is 29.4 Å². The fraction of sp³-hybridized carbons (Fsp3) is 0.240. The summed E-state index contributed by atoms with van der Waals surface area (Å²) in [6.07, 6.45) is 0. The lowest BCUT2D eigenvalue weighted by atomic mass is 10.1. The lowest BCUT2D eigenvalue weighted by Gasteiger charge is -2.09. The average molecular weight is 483 g/mol. The highest BCUT2D eigenvalue weighted by atomic mass is 32.1. The van der Waals surface area contributed by atoms with Gasteiger partial charge < -0.3 is 24.8 Å². The van der Waals surface area contributed by atoms with Crippen LogP contribution in [-0.4, -0.2) is 38.1 Å². The fourth-order valence-electron chi connectivity index (χ4n) is 3.18. The minimum Gasteiger partial charge on any atom is -0.494 e. The van der Waals surface area contributed by atoms with Crippen molar-refractivity contribution in [2.75, 3.05) is 31.0 Å². The van der Waals surface area contributed by atoms with Gasteiger partial charge in [-0.3, -0.25) is 9.59 Å². The number of ether oxygens (including phenoxy) is 3. The van der Waals surface area contributed by atoms with Crippen molar-refractivity contribution in [3.63, 3.8) is 0 Å². The first-order chi connectivity index (χ1) is 16.3. The van der Waals surface area contributed by atoms with Gasteiger partial charge in [-0.15, -0.1) is 11.3 Å². The van der Waals surface area contributed by atoms with Crippen molar-refractivity contribution < 1.29 is 28.6 Å². The van der Waals surface area contributed by atoms with E-state index in [0.717, 1.165) is 16.9 Å². The predicted molar refractivity (Wildman–Crippen MR) is 131 cm³/mol. The summed E-state index contributed by atoms with van der Waals surface area (Å²) in [6.45, 7) is 5.69. The summed E-state index contributed by atoms with van der Waals surface area (Å²) >= 11 is 0.997. The van der Waals surface area contributed by atoms with Crippen LogP contribution in [-0.2, 0) is 9.53 Å². The van der Waals surface area contributed by atoms with Gasteiger partial charge in [-0.1, -0.05) is 18.2 Å².